The lowest BCUT2D eigenvalue weighted by Crippen LogP contribution is -2.57. The van der Waals surface area contributed by atoms with Gasteiger partial charge in [-0.3, -0.25) is 4.79 Å². The van der Waals surface area contributed by atoms with Crippen LogP contribution in [0.25, 0.3) is 0 Å². The van der Waals surface area contributed by atoms with Gasteiger partial charge >= 0.3 is 5.97 Å². The smallest absolute Gasteiger partial charge is 0.354 e. The van der Waals surface area contributed by atoms with Gasteiger partial charge in [-0.15, -0.1) is 0 Å². The van der Waals surface area contributed by atoms with Crippen LogP contribution in [0.2, 0.25) is 0 Å². The van der Waals surface area contributed by atoms with Crippen molar-refractivity contribution in [2.75, 3.05) is 0 Å². The van der Waals surface area contributed by atoms with E-state index < -0.39 is 34.6 Å². The number of allylic oxidation sites excluding steroid dienone is 1. The third-order valence-electron chi connectivity index (χ3n) is 7.53. The number of oxime groups is 1. The molecule has 1 saturated carbocycles. The number of carbonyl (C=O) groups excluding carboxylic acids is 2. The molecule has 6 atom stereocenters. The van der Waals surface area contributed by atoms with Crippen molar-refractivity contribution in [3.63, 3.8) is 0 Å². The molecule has 0 aromatic heterocycles. The molecule has 152 valence electrons. The summed E-state index contributed by atoms with van der Waals surface area (Å²) in [5, 5.41) is 15.5. The van der Waals surface area contributed by atoms with Crippen molar-refractivity contribution in [1.29, 1.82) is 0 Å². The van der Waals surface area contributed by atoms with Crippen LogP contribution in [0.15, 0.2) is 41.6 Å². The molecule has 1 aromatic carbocycles. The fraction of sp³-hybridized carbons (Fsp3) is 0.500. The number of esters is 1. The minimum Gasteiger partial charge on any atom is -0.458 e. The van der Waals surface area contributed by atoms with Crippen molar-refractivity contribution < 1.29 is 28.7 Å². The fourth-order valence-corrected chi connectivity index (χ4v) is 5.59. The molecule has 0 radical (unpaired) electrons. The molecule has 6 nitrogen and oxygen atoms in total. The first kappa shape index (κ1) is 18.5. The van der Waals surface area contributed by atoms with Gasteiger partial charge in [0.1, 0.15) is 22.9 Å². The van der Waals surface area contributed by atoms with Crippen LogP contribution < -0.4 is 0 Å². The van der Waals surface area contributed by atoms with Crippen molar-refractivity contribution in [1.82, 2.24) is 0 Å². The Bertz CT molecular complexity index is 972. The number of benzene rings is 1. The first-order valence-electron chi connectivity index (χ1n) is 9.90. The van der Waals surface area contributed by atoms with Gasteiger partial charge in [0, 0.05) is 6.42 Å². The number of ether oxygens (including phenoxy) is 1. The standard InChI is InChI=1S/C22H22FNO5/c1-12-3-8-15-18(20(2)17(25)9-10-22(12,20)27)28-19(26)21(15)11-16(24-29-21)13-4-6-14(23)7-5-13/h4-7,9-10,12,15,18,27H,3,8,11H2,1-2H3/t12-,15+,18+,20-,21-,22+/m0/s1. The highest BCUT2D eigenvalue weighted by Crippen LogP contribution is 2.59. The normalized spacial score (nSPS) is 42.9. The molecule has 4 aliphatic rings. The second-order valence-corrected chi connectivity index (χ2v) is 8.84. The van der Waals surface area contributed by atoms with Crippen LogP contribution in [0.5, 0.6) is 0 Å². The molecular weight excluding hydrogens is 377 g/mol. The first-order valence-corrected chi connectivity index (χ1v) is 9.90. The summed E-state index contributed by atoms with van der Waals surface area (Å²) in [6, 6.07) is 5.84. The molecule has 1 spiro atoms. The quantitative estimate of drug-likeness (QED) is 0.734. The summed E-state index contributed by atoms with van der Waals surface area (Å²) < 4.78 is 19.0. The number of nitrogens with zero attached hydrogens (tertiary/aromatic N) is 1. The Labute approximate surface area is 167 Å². The van der Waals surface area contributed by atoms with Crippen molar-refractivity contribution in [3.05, 3.63) is 47.8 Å². The van der Waals surface area contributed by atoms with E-state index in [1.54, 1.807) is 25.1 Å². The molecule has 1 N–H and O–H groups in total. The molecule has 1 aromatic rings. The van der Waals surface area contributed by atoms with Gasteiger partial charge < -0.3 is 14.7 Å². The van der Waals surface area contributed by atoms with Gasteiger partial charge in [0.15, 0.2) is 5.78 Å². The van der Waals surface area contributed by atoms with E-state index in [0.717, 1.165) is 0 Å². The maximum Gasteiger partial charge on any atom is 0.354 e. The molecule has 7 heteroatoms. The number of carbonyl (C=O) groups is 2. The first-order chi connectivity index (χ1) is 13.7. The minimum atomic E-state index is -1.38. The summed E-state index contributed by atoms with van der Waals surface area (Å²) >= 11 is 0. The summed E-state index contributed by atoms with van der Waals surface area (Å²) in [5.41, 5.74) is -2.77. The number of halogens is 1. The third kappa shape index (κ3) is 2.16. The highest BCUT2D eigenvalue weighted by atomic mass is 19.1. The summed E-state index contributed by atoms with van der Waals surface area (Å²) in [4.78, 5) is 31.6. The summed E-state index contributed by atoms with van der Waals surface area (Å²) in [5.74, 6) is -1.78. The molecule has 5 rings (SSSR count). The SMILES string of the molecule is C[C@H]1CC[C@@H]2[C@@H](OC(=O)[C@]23CC(c2ccc(F)cc2)=NO3)[C@]2(C)C(=O)C=C[C@@]12O. The van der Waals surface area contributed by atoms with Crippen LogP contribution in [0.1, 0.15) is 38.7 Å². The van der Waals surface area contributed by atoms with Crippen LogP contribution >= 0.6 is 0 Å². The number of aliphatic hydroxyl groups is 1. The highest BCUT2D eigenvalue weighted by molar-refractivity contribution is 6.06. The molecule has 1 saturated heterocycles. The van der Waals surface area contributed by atoms with E-state index >= 15 is 0 Å². The highest BCUT2D eigenvalue weighted by Gasteiger charge is 2.73. The molecule has 2 fully saturated rings. The Kier molecular flexibility index (Phi) is 3.67. The van der Waals surface area contributed by atoms with E-state index in [1.165, 1.54) is 18.2 Å². The lowest BCUT2D eigenvalue weighted by Gasteiger charge is -2.43. The van der Waals surface area contributed by atoms with Gasteiger partial charge in [0.2, 0.25) is 5.60 Å². The Balaban J connectivity index is 1.53. The molecule has 2 aliphatic carbocycles. The van der Waals surface area contributed by atoms with Gasteiger partial charge in [0.25, 0.3) is 0 Å². The lowest BCUT2D eigenvalue weighted by molar-refractivity contribution is -0.169. The molecule has 0 unspecified atom stereocenters. The average molecular weight is 399 g/mol. The summed E-state index contributed by atoms with van der Waals surface area (Å²) in [6.45, 7) is 3.59. The maximum absolute atomic E-state index is 13.3. The Morgan fingerprint density at radius 1 is 1.21 bits per heavy atom. The van der Waals surface area contributed by atoms with Crippen molar-refractivity contribution in [2.24, 2.45) is 22.4 Å². The average Bonchev–Trinajstić information content (AvgIpc) is 3.32. The zero-order valence-corrected chi connectivity index (χ0v) is 16.2. The zero-order chi connectivity index (χ0) is 20.6. The zero-order valence-electron chi connectivity index (χ0n) is 16.2. The molecule has 0 bridgehead atoms. The van der Waals surface area contributed by atoms with Gasteiger partial charge in [-0.25, -0.2) is 9.18 Å². The minimum absolute atomic E-state index is 0.184. The van der Waals surface area contributed by atoms with E-state index in [2.05, 4.69) is 5.16 Å². The van der Waals surface area contributed by atoms with Gasteiger partial charge in [-0.2, -0.15) is 0 Å². The van der Waals surface area contributed by atoms with Gasteiger partial charge in [-0.05, 0) is 55.5 Å². The summed E-state index contributed by atoms with van der Waals surface area (Å²) in [6.07, 6.45) is 3.49. The third-order valence-corrected chi connectivity index (χ3v) is 7.53. The van der Waals surface area contributed by atoms with Crippen molar-refractivity contribution in [3.8, 4) is 0 Å². The Morgan fingerprint density at radius 2 is 1.93 bits per heavy atom. The van der Waals surface area contributed by atoms with Crippen LogP contribution in [-0.4, -0.2) is 39.9 Å². The number of rotatable bonds is 1. The van der Waals surface area contributed by atoms with E-state index in [-0.39, 0.29) is 23.9 Å². The number of fused-ring (bicyclic) bond motifs is 4. The topological polar surface area (TPSA) is 85.2 Å². The van der Waals surface area contributed by atoms with E-state index in [1.807, 2.05) is 6.92 Å². The van der Waals surface area contributed by atoms with Gasteiger partial charge in [-0.1, -0.05) is 24.2 Å². The maximum atomic E-state index is 13.3. The van der Waals surface area contributed by atoms with E-state index in [0.29, 0.717) is 24.1 Å². The molecular formula is C22H22FNO5. The Hall–Kier alpha value is -2.54. The van der Waals surface area contributed by atoms with Crippen LogP contribution in [-0.2, 0) is 19.2 Å². The Morgan fingerprint density at radius 3 is 2.66 bits per heavy atom. The van der Waals surface area contributed by atoms with E-state index in [4.69, 9.17) is 9.57 Å². The monoisotopic (exact) mass is 399 g/mol. The summed E-state index contributed by atoms with van der Waals surface area (Å²) in [7, 11) is 0. The molecule has 2 aliphatic heterocycles. The number of ketones is 1. The number of hydrogen-bond acceptors (Lipinski definition) is 6. The molecule has 2 heterocycles. The van der Waals surface area contributed by atoms with E-state index in [9.17, 15) is 19.1 Å². The molecule has 29 heavy (non-hydrogen) atoms. The lowest BCUT2D eigenvalue weighted by atomic mass is 9.63. The van der Waals surface area contributed by atoms with Gasteiger partial charge in [0.05, 0.1) is 11.6 Å². The fourth-order valence-electron chi connectivity index (χ4n) is 5.59. The number of hydrogen-bond donors (Lipinski definition) is 1. The second kappa shape index (κ2) is 5.75. The van der Waals surface area contributed by atoms with Crippen LogP contribution in [0.3, 0.4) is 0 Å². The molecule has 0 amide bonds. The van der Waals surface area contributed by atoms with Crippen molar-refractivity contribution in [2.45, 2.75) is 50.4 Å². The second-order valence-electron chi connectivity index (χ2n) is 8.84. The largest absolute Gasteiger partial charge is 0.458 e. The predicted octanol–water partition coefficient (Wildman–Crippen LogP) is 2.54. The van der Waals surface area contributed by atoms with Crippen LogP contribution in [0, 0.1) is 23.1 Å². The predicted molar refractivity (Wildman–Crippen MR) is 100 cm³/mol. The van der Waals surface area contributed by atoms with Crippen LogP contribution in [0.4, 0.5) is 4.39 Å². The van der Waals surface area contributed by atoms with Crippen molar-refractivity contribution >= 4 is 17.5 Å².